The number of thioether (sulfide) groups is 1. The number of methoxy groups -OCH3 is 2. The van der Waals surface area contributed by atoms with E-state index in [1.807, 2.05) is 6.92 Å². The summed E-state index contributed by atoms with van der Waals surface area (Å²) in [4.78, 5) is 23.9. The number of ether oxygens (including phenoxy) is 2. The summed E-state index contributed by atoms with van der Waals surface area (Å²) in [7, 11) is 2.97. The average Bonchev–Trinajstić information content (AvgIpc) is 3.11. The predicted octanol–water partition coefficient (Wildman–Crippen LogP) is 1.20. The molecule has 0 saturated carbocycles. The Bertz CT molecular complexity index is 727. The Morgan fingerprint density at radius 1 is 1.12 bits per heavy atom. The highest BCUT2D eigenvalue weighted by Crippen LogP contribution is 2.22. The van der Waals surface area contributed by atoms with E-state index in [0.717, 1.165) is 11.8 Å². The molecule has 10 heteroatoms. The largest absolute Gasteiger partial charge is 0.497 e. The van der Waals surface area contributed by atoms with Crippen molar-refractivity contribution in [1.29, 1.82) is 0 Å². The minimum atomic E-state index is -0.499. The summed E-state index contributed by atoms with van der Waals surface area (Å²) in [6.07, 6.45) is 0.625. The minimum absolute atomic E-state index is 0.0209. The summed E-state index contributed by atoms with van der Waals surface area (Å²) in [5.41, 5.74) is 4.93. The molecule has 0 atom stereocenters. The number of hydrogen-bond donors (Lipinski definition) is 2. The zero-order valence-corrected chi connectivity index (χ0v) is 14.8. The molecule has 9 nitrogen and oxygen atoms in total. The molecule has 0 unspecified atom stereocenters. The summed E-state index contributed by atoms with van der Waals surface area (Å²) < 4.78 is 15.5. The third-order valence-corrected chi connectivity index (χ3v) is 3.83. The SMILES string of the molecule is CCc1nnc(SCC(=O)NNC(=O)c2cc(OC)cc(OC)c2)o1. The molecule has 2 rings (SSSR count). The van der Waals surface area contributed by atoms with Gasteiger partial charge in [-0.1, -0.05) is 18.7 Å². The van der Waals surface area contributed by atoms with Gasteiger partial charge in [-0.3, -0.25) is 20.4 Å². The van der Waals surface area contributed by atoms with Crippen LogP contribution < -0.4 is 20.3 Å². The maximum atomic E-state index is 12.1. The molecule has 0 saturated heterocycles. The van der Waals surface area contributed by atoms with Crippen molar-refractivity contribution < 1.29 is 23.5 Å². The van der Waals surface area contributed by atoms with Crippen molar-refractivity contribution in [3.8, 4) is 11.5 Å². The Kier molecular flexibility index (Phi) is 6.63. The van der Waals surface area contributed by atoms with Crippen LogP contribution in [0.1, 0.15) is 23.2 Å². The first-order chi connectivity index (χ1) is 12.0. The average molecular weight is 366 g/mol. The standard InChI is InChI=1S/C15H18N4O5S/c1-4-13-17-19-15(24-13)25-8-12(20)16-18-14(21)9-5-10(22-2)7-11(6-9)23-3/h5-7H,4,8H2,1-3H3,(H,16,20)(H,18,21). The number of nitrogens with one attached hydrogen (secondary N) is 2. The molecule has 0 aliphatic heterocycles. The highest BCUT2D eigenvalue weighted by molar-refractivity contribution is 7.99. The minimum Gasteiger partial charge on any atom is -0.497 e. The lowest BCUT2D eigenvalue weighted by Gasteiger charge is -2.09. The quantitative estimate of drug-likeness (QED) is 0.555. The van der Waals surface area contributed by atoms with E-state index in [1.54, 1.807) is 6.07 Å². The number of carbonyl (C=O) groups is 2. The number of hydrazine groups is 1. The van der Waals surface area contributed by atoms with Gasteiger partial charge < -0.3 is 13.9 Å². The first kappa shape index (κ1) is 18.6. The molecule has 0 fully saturated rings. The second kappa shape index (κ2) is 8.92. The first-order valence-corrected chi connectivity index (χ1v) is 8.31. The van der Waals surface area contributed by atoms with Crippen molar-refractivity contribution >= 4 is 23.6 Å². The Morgan fingerprint density at radius 3 is 2.36 bits per heavy atom. The molecule has 0 bridgehead atoms. The van der Waals surface area contributed by atoms with Crippen molar-refractivity contribution in [3.63, 3.8) is 0 Å². The smallest absolute Gasteiger partial charge is 0.277 e. The summed E-state index contributed by atoms with van der Waals surface area (Å²) in [5.74, 6) is 0.547. The van der Waals surface area contributed by atoms with Crippen LogP contribution in [-0.4, -0.2) is 42.0 Å². The number of aryl methyl sites for hydroxylation is 1. The highest BCUT2D eigenvalue weighted by Gasteiger charge is 2.12. The Hall–Kier alpha value is -2.75. The summed E-state index contributed by atoms with van der Waals surface area (Å²) in [5, 5.41) is 7.89. The van der Waals surface area contributed by atoms with Gasteiger partial charge in [0.15, 0.2) is 0 Å². The van der Waals surface area contributed by atoms with Gasteiger partial charge in [0.1, 0.15) is 11.5 Å². The van der Waals surface area contributed by atoms with Gasteiger partial charge >= 0.3 is 0 Å². The van der Waals surface area contributed by atoms with Crippen molar-refractivity contribution in [2.75, 3.05) is 20.0 Å². The van der Waals surface area contributed by atoms with E-state index in [1.165, 1.54) is 26.4 Å². The second-order valence-electron chi connectivity index (χ2n) is 4.71. The van der Waals surface area contributed by atoms with Crippen molar-refractivity contribution in [3.05, 3.63) is 29.7 Å². The van der Waals surface area contributed by atoms with Crippen molar-refractivity contribution in [2.45, 2.75) is 18.6 Å². The molecule has 2 N–H and O–H groups in total. The van der Waals surface area contributed by atoms with Crippen molar-refractivity contribution in [2.24, 2.45) is 0 Å². The number of carbonyl (C=O) groups excluding carboxylic acids is 2. The number of hydrogen-bond acceptors (Lipinski definition) is 8. The Morgan fingerprint density at radius 2 is 1.80 bits per heavy atom. The maximum Gasteiger partial charge on any atom is 0.277 e. The van der Waals surface area contributed by atoms with E-state index in [4.69, 9.17) is 13.9 Å². The van der Waals surface area contributed by atoms with Gasteiger partial charge in [-0.05, 0) is 12.1 Å². The molecule has 25 heavy (non-hydrogen) atoms. The molecule has 0 aliphatic carbocycles. The molecule has 1 aromatic heterocycles. The lowest BCUT2D eigenvalue weighted by Crippen LogP contribution is -2.42. The summed E-state index contributed by atoms with van der Waals surface area (Å²) >= 11 is 1.08. The van der Waals surface area contributed by atoms with E-state index >= 15 is 0 Å². The van der Waals surface area contributed by atoms with Crippen LogP contribution in [-0.2, 0) is 11.2 Å². The molecule has 2 amide bonds. The van der Waals surface area contributed by atoms with Gasteiger partial charge in [0.2, 0.25) is 11.8 Å². The van der Waals surface area contributed by atoms with Crippen LogP contribution in [0.3, 0.4) is 0 Å². The third-order valence-electron chi connectivity index (χ3n) is 3.01. The maximum absolute atomic E-state index is 12.1. The Labute approximate surface area is 148 Å². The summed E-state index contributed by atoms with van der Waals surface area (Å²) in [6.45, 7) is 1.89. The fraction of sp³-hybridized carbons (Fsp3) is 0.333. The third kappa shape index (κ3) is 5.38. The van der Waals surface area contributed by atoms with Crippen LogP contribution in [0.5, 0.6) is 11.5 Å². The molecule has 0 aliphatic rings. The highest BCUT2D eigenvalue weighted by atomic mass is 32.2. The first-order valence-electron chi connectivity index (χ1n) is 7.33. The normalized spacial score (nSPS) is 10.2. The van der Waals surface area contributed by atoms with E-state index in [0.29, 0.717) is 29.0 Å². The van der Waals surface area contributed by atoms with Gasteiger partial charge in [0, 0.05) is 18.1 Å². The van der Waals surface area contributed by atoms with Crippen LogP contribution in [0.15, 0.2) is 27.8 Å². The molecule has 1 aromatic carbocycles. The molecule has 0 spiro atoms. The molecule has 2 aromatic rings. The van der Waals surface area contributed by atoms with Gasteiger partial charge in [-0.15, -0.1) is 10.2 Å². The van der Waals surface area contributed by atoms with Gasteiger partial charge in [-0.25, -0.2) is 0 Å². The van der Waals surface area contributed by atoms with E-state index in [9.17, 15) is 9.59 Å². The molecular weight excluding hydrogens is 348 g/mol. The predicted molar refractivity (Wildman–Crippen MR) is 89.6 cm³/mol. The Balaban J connectivity index is 1.85. The molecule has 134 valence electrons. The van der Waals surface area contributed by atoms with Crippen LogP contribution >= 0.6 is 11.8 Å². The summed E-state index contributed by atoms with van der Waals surface area (Å²) in [6, 6.07) is 4.70. The van der Waals surface area contributed by atoms with Crippen LogP contribution in [0.4, 0.5) is 0 Å². The number of rotatable bonds is 7. The van der Waals surface area contributed by atoms with Crippen LogP contribution in [0.25, 0.3) is 0 Å². The molecule has 0 radical (unpaired) electrons. The lowest BCUT2D eigenvalue weighted by molar-refractivity contribution is -0.119. The van der Waals surface area contributed by atoms with Gasteiger partial charge in [0.05, 0.1) is 20.0 Å². The van der Waals surface area contributed by atoms with Crippen LogP contribution in [0, 0.1) is 0 Å². The molecule has 1 heterocycles. The van der Waals surface area contributed by atoms with E-state index in [-0.39, 0.29) is 11.3 Å². The van der Waals surface area contributed by atoms with Gasteiger partial charge in [-0.2, -0.15) is 0 Å². The fourth-order valence-electron chi connectivity index (χ4n) is 1.74. The fourth-order valence-corrected chi connectivity index (χ4v) is 2.32. The van der Waals surface area contributed by atoms with E-state index in [2.05, 4.69) is 21.0 Å². The number of amides is 2. The van der Waals surface area contributed by atoms with Gasteiger partial charge in [0.25, 0.3) is 11.1 Å². The lowest BCUT2D eigenvalue weighted by atomic mass is 10.2. The van der Waals surface area contributed by atoms with E-state index < -0.39 is 11.8 Å². The second-order valence-corrected chi connectivity index (χ2v) is 5.63. The zero-order valence-electron chi connectivity index (χ0n) is 14.0. The number of benzene rings is 1. The number of aromatic nitrogens is 2. The topological polar surface area (TPSA) is 116 Å². The zero-order chi connectivity index (χ0) is 18.2. The van der Waals surface area contributed by atoms with Crippen molar-refractivity contribution in [1.82, 2.24) is 21.0 Å². The number of nitrogens with zero attached hydrogens (tertiary/aromatic N) is 2. The van der Waals surface area contributed by atoms with Crippen LogP contribution in [0.2, 0.25) is 0 Å². The molecular formula is C15H18N4O5S. The monoisotopic (exact) mass is 366 g/mol.